The van der Waals surface area contributed by atoms with Gasteiger partial charge in [-0.15, -0.1) is 0 Å². The second-order valence-electron chi connectivity index (χ2n) is 7.49. The molecule has 0 bridgehead atoms. The monoisotopic (exact) mass is 397 g/mol. The largest absolute Gasteiger partial charge is 0.351 e. The number of likely N-dealkylation sites (N-methyl/N-ethyl adjacent to an activating group) is 1. The van der Waals surface area contributed by atoms with E-state index in [2.05, 4.69) is 15.7 Å². The molecule has 1 aliphatic rings. The van der Waals surface area contributed by atoms with Crippen LogP contribution in [0.2, 0.25) is 0 Å². The minimum absolute atomic E-state index is 0.174. The first-order valence-corrected chi connectivity index (χ1v) is 9.83. The number of fused-ring (bicyclic) bond motifs is 1. The summed E-state index contributed by atoms with van der Waals surface area (Å²) in [6, 6.07) is 11.1. The number of hydrogen-bond acceptors (Lipinski definition) is 4. The third-order valence-electron chi connectivity index (χ3n) is 5.34. The molecule has 0 saturated carbocycles. The average Bonchev–Trinajstić information content (AvgIpc) is 3.15. The molecule has 3 amide bonds. The van der Waals surface area contributed by atoms with E-state index in [1.807, 2.05) is 37.3 Å². The van der Waals surface area contributed by atoms with Crippen molar-refractivity contribution < 1.29 is 14.4 Å². The molecule has 2 heterocycles. The summed E-state index contributed by atoms with van der Waals surface area (Å²) in [4.78, 5) is 39.5. The number of nitrogens with one attached hydrogen (secondary N) is 2. The lowest BCUT2D eigenvalue weighted by Gasteiger charge is -2.40. The number of unbranched alkanes of at least 4 members (excludes halogenated alkanes) is 1. The highest BCUT2D eigenvalue weighted by Gasteiger charge is 2.46. The van der Waals surface area contributed by atoms with Crippen molar-refractivity contribution >= 4 is 17.7 Å². The number of rotatable bonds is 7. The number of amides is 3. The van der Waals surface area contributed by atoms with Crippen molar-refractivity contribution in [2.45, 2.75) is 45.3 Å². The quantitative estimate of drug-likeness (QED) is 0.693. The van der Waals surface area contributed by atoms with Crippen LogP contribution in [-0.2, 0) is 17.9 Å². The van der Waals surface area contributed by atoms with Gasteiger partial charge in [0.25, 0.3) is 11.8 Å². The van der Waals surface area contributed by atoms with E-state index in [0.717, 1.165) is 18.4 Å². The lowest BCUT2D eigenvalue weighted by molar-refractivity contribution is -0.132. The Labute approximate surface area is 170 Å². The molecule has 2 aromatic rings. The summed E-state index contributed by atoms with van der Waals surface area (Å²) in [7, 11) is 1.60. The fraction of sp³-hybridized carbons (Fsp3) is 0.429. The van der Waals surface area contributed by atoms with E-state index < -0.39 is 5.54 Å². The van der Waals surface area contributed by atoms with Gasteiger partial charge in [0.1, 0.15) is 11.2 Å². The predicted octanol–water partition coefficient (Wildman–Crippen LogP) is 1.57. The van der Waals surface area contributed by atoms with Crippen molar-refractivity contribution in [2.24, 2.45) is 0 Å². The Balaban J connectivity index is 1.75. The van der Waals surface area contributed by atoms with Crippen LogP contribution in [0.15, 0.2) is 36.4 Å². The van der Waals surface area contributed by atoms with Crippen LogP contribution in [0.3, 0.4) is 0 Å². The number of aromatic nitrogens is 2. The number of nitrogens with zero attached hydrogens (tertiary/aromatic N) is 3. The van der Waals surface area contributed by atoms with Crippen LogP contribution in [0, 0.1) is 0 Å². The molecule has 8 heteroatoms. The molecule has 2 N–H and O–H groups in total. The van der Waals surface area contributed by atoms with Crippen LogP contribution < -0.4 is 10.6 Å². The highest BCUT2D eigenvalue weighted by atomic mass is 16.2. The molecular weight excluding hydrogens is 370 g/mol. The van der Waals surface area contributed by atoms with Crippen LogP contribution in [-0.4, -0.2) is 51.5 Å². The summed E-state index contributed by atoms with van der Waals surface area (Å²) in [5.74, 6) is -0.924. The van der Waals surface area contributed by atoms with E-state index in [1.165, 1.54) is 15.6 Å². The predicted molar refractivity (Wildman–Crippen MR) is 108 cm³/mol. The number of hydrogen-bond donors (Lipinski definition) is 2. The topological polar surface area (TPSA) is 96.3 Å². The zero-order chi connectivity index (χ0) is 21.0. The maximum Gasteiger partial charge on any atom is 0.272 e. The van der Waals surface area contributed by atoms with Gasteiger partial charge in [0.15, 0.2) is 5.69 Å². The minimum Gasteiger partial charge on any atom is -0.351 e. The van der Waals surface area contributed by atoms with Crippen LogP contribution in [0.4, 0.5) is 0 Å². The number of carbonyl (C=O) groups is 3. The number of carbonyl (C=O) groups excluding carboxylic acids is 3. The van der Waals surface area contributed by atoms with Gasteiger partial charge >= 0.3 is 0 Å². The van der Waals surface area contributed by atoms with Crippen molar-refractivity contribution in [3.05, 3.63) is 53.3 Å². The fourth-order valence-corrected chi connectivity index (χ4v) is 3.28. The lowest BCUT2D eigenvalue weighted by Crippen LogP contribution is -2.62. The summed E-state index contributed by atoms with van der Waals surface area (Å²) in [5.41, 5.74) is 0.356. The molecule has 0 radical (unpaired) electrons. The Hall–Kier alpha value is -3.16. The van der Waals surface area contributed by atoms with Crippen LogP contribution in [0.1, 0.15) is 53.2 Å². The smallest absolute Gasteiger partial charge is 0.272 e. The van der Waals surface area contributed by atoms with Crippen molar-refractivity contribution in [3.63, 3.8) is 0 Å². The SMILES string of the molecule is CCCCNC(=O)c1cc2n(n1)C[C@](C)(C(=O)NCc1ccccc1)N(C)C2=O. The maximum atomic E-state index is 12.9. The van der Waals surface area contributed by atoms with E-state index >= 15 is 0 Å². The van der Waals surface area contributed by atoms with Crippen LogP contribution >= 0.6 is 0 Å². The molecule has 0 unspecified atom stereocenters. The van der Waals surface area contributed by atoms with Gasteiger partial charge in [-0.05, 0) is 18.9 Å². The third-order valence-corrected chi connectivity index (χ3v) is 5.34. The van der Waals surface area contributed by atoms with Gasteiger partial charge < -0.3 is 15.5 Å². The summed E-state index contributed by atoms with van der Waals surface area (Å²) >= 11 is 0. The van der Waals surface area contributed by atoms with E-state index in [9.17, 15) is 14.4 Å². The molecular formula is C21H27N5O3. The van der Waals surface area contributed by atoms with Crippen molar-refractivity contribution in [3.8, 4) is 0 Å². The number of benzene rings is 1. The van der Waals surface area contributed by atoms with E-state index in [0.29, 0.717) is 18.8 Å². The Morgan fingerprint density at radius 1 is 1.21 bits per heavy atom. The minimum atomic E-state index is -1.11. The van der Waals surface area contributed by atoms with E-state index in [1.54, 1.807) is 14.0 Å². The molecule has 1 atom stereocenters. The molecule has 3 rings (SSSR count). The summed E-state index contributed by atoms with van der Waals surface area (Å²) in [6.07, 6.45) is 1.85. The van der Waals surface area contributed by atoms with Gasteiger partial charge in [-0.25, -0.2) is 0 Å². The van der Waals surface area contributed by atoms with E-state index in [-0.39, 0.29) is 30.0 Å². The molecule has 1 aromatic carbocycles. The van der Waals surface area contributed by atoms with Gasteiger partial charge in [-0.1, -0.05) is 43.7 Å². The van der Waals surface area contributed by atoms with Crippen molar-refractivity contribution in [2.75, 3.05) is 13.6 Å². The Kier molecular flexibility index (Phi) is 6.00. The Bertz CT molecular complexity index is 908. The highest BCUT2D eigenvalue weighted by Crippen LogP contribution is 2.26. The van der Waals surface area contributed by atoms with Gasteiger partial charge in [0.2, 0.25) is 5.91 Å². The average molecular weight is 397 g/mol. The van der Waals surface area contributed by atoms with Crippen LogP contribution in [0.5, 0.6) is 0 Å². The summed E-state index contributed by atoms with van der Waals surface area (Å²) in [6.45, 7) is 4.85. The van der Waals surface area contributed by atoms with Gasteiger partial charge in [0.05, 0.1) is 6.54 Å². The second-order valence-corrected chi connectivity index (χ2v) is 7.49. The molecule has 154 valence electrons. The van der Waals surface area contributed by atoms with Gasteiger partial charge in [-0.3, -0.25) is 19.1 Å². The summed E-state index contributed by atoms with van der Waals surface area (Å²) in [5, 5.41) is 9.99. The first-order valence-electron chi connectivity index (χ1n) is 9.83. The molecule has 29 heavy (non-hydrogen) atoms. The maximum absolute atomic E-state index is 12.9. The Morgan fingerprint density at radius 3 is 2.62 bits per heavy atom. The van der Waals surface area contributed by atoms with Gasteiger partial charge in [-0.2, -0.15) is 5.10 Å². The highest BCUT2D eigenvalue weighted by molar-refractivity contribution is 6.01. The zero-order valence-corrected chi connectivity index (χ0v) is 17.1. The Morgan fingerprint density at radius 2 is 1.93 bits per heavy atom. The molecule has 1 aliphatic heterocycles. The first kappa shape index (κ1) is 20.6. The normalized spacial score (nSPS) is 18.3. The van der Waals surface area contributed by atoms with Gasteiger partial charge in [0, 0.05) is 26.2 Å². The third kappa shape index (κ3) is 4.16. The first-order chi connectivity index (χ1) is 13.9. The second kappa shape index (κ2) is 8.46. The fourth-order valence-electron chi connectivity index (χ4n) is 3.28. The standard InChI is InChI=1S/C21H27N5O3/c1-4-5-11-22-18(27)16-12-17-19(28)25(3)21(2,14-26(17)24-16)20(29)23-13-15-9-7-6-8-10-15/h6-10,12H,4-5,11,13-14H2,1-3H3,(H,22,27)(H,23,29)/t21-/m1/s1. The van der Waals surface area contributed by atoms with Crippen LogP contribution in [0.25, 0.3) is 0 Å². The van der Waals surface area contributed by atoms with E-state index in [4.69, 9.17) is 0 Å². The molecule has 0 aliphatic carbocycles. The lowest BCUT2D eigenvalue weighted by atomic mass is 9.96. The van der Waals surface area contributed by atoms with Crippen molar-refractivity contribution in [1.82, 2.24) is 25.3 Å². The molecule has 0 saturated heterocycles. The molecule has 8 nitrogen and oxygen atoms in total. The molecule has 0 spiro atoms. The van der Waals surface area contributed by atoms with Crippen molar-refractivity contribution in [1.29, 1.82) is 0 Å². The molecule has 1 aromatic heterocycles. The summed E-state index contributed by atoms with van der Waals surface area (Å²) < 4.78 is 1.46. The molecule has 0 fully saturated rings. The zero-order valence-electron chi connectivity index (χ0n) is 17.1.